The molecule has 1 amide bonds. The van der Waals surface area contributed by atoms with Gasteiger partial charge in [-0.15, -0.1) is 0 Å². The number of hydrogen-bond acceptors (Lipinski definition) is 6. The Bertz CT molecular complexity index is 1630. The average molecular weight is 564 g/mol. The van der Waals surface area contributed by atoms with Gasteiger partial charge in [-0.25, -0.2) is 22.8 Å². The summed E-state index contributed by atoms with van der Waals surface area (Å²) in [5.74, 6) is -0.849. The number of nitrogens with one attached hydrogen (secondary N) is 1. The Morgan fingerprint density at radius 2 is 2.00 bits per heavy atom. The van der Waals surface area contributed by atoms with Gasteiger partial charge in [0.2, 0.25) is 10.0 Å². The van der Waals surface area contributed by atoms with E-state index in [4.69, 9.17) is 27.9 Å². The van der Waals surface area contributed by atoms with Crippen molar-refractivity contribution in [3.05, 3.63) is 87.7 Å². The molecule has 4 aromatic rings. The first-order valence-corrected chi connectivity index (χ1v) is 13.7. The number of ether oxygens (including phenoxy) is 1. The van der Waals surface area contributed by atoms with Crippen LogP contribution in [0.3, 0.4) is 0 Å². The number of imidazole rings is 1. The highest BCUT2D eigenvalue weighted by molar-refractivity contribution is 7.92. The number of halogens is 3. The molecule has 1 aliphatic rings. The molecule has 13 heteroatoms. The van der Waals surface area contributed by atoms with E-state index in [0.29, 0.717) is 17.8 Å². The van der Waals surface area contributed by atoms with Crippen molar-refractivity contribution in [3.8, 4) is 5.75 Å². The maximum Gasteiger partial charge on any atom is 0.261 e. The number of carbonyl (C=O) groups excluding carboxylic acids is 1. The van der Waals surface area contributed by atoms with Crippen molar-refractivity contribution < 1.29 is 22.3 Å². The lowest BCUT2D eigenvalue weighted by Gasteiger charge is -2.36. The number of rotatable bonds is 6. The van der Waals surface area contributed by atoms with Gasteiger partial charge >= 0.3 is 0 Å². The maximum atomic E-state index is 15.2. The largest absolute Gasteiger partial charge is 0.481 e. The molecule has 3 aromatic heterocycles. The molecule has 1 atom stereocenters. The predicted octanol–water partition coefficient (Wildman–Crippen LogP) is 4.10. The lowest BCUT2D eigenvalue weighted by atomic mass is 9.95. The molecule has 0 spiro atoms. The Hall–Kier alpha value is -3.41. The molecular weight excluding hydrogens is 544 g/mol. The van der Waals surface area contributed by atoms with Crippen molar-refractivity contribution in [3.63, 3.8) is 0 Å². The van der Waals surface area contributed by atoms with Crippen LogP contribution in [0, 0.1) is 5.82 Å². The van der Waals surface area contributed by atoms with Crippen LogP contribution in [-0.4, -0.2) is 53.0 Å². The number of hydrogen-bond donors (Lipinski definition) is 1. The van der Waals surface area contributed by atoms with E-state index >= 15 is 4.39 Å². The smallest absolute Gasteiger partial charge is 0.261 e. The second-order valence-corrected chi connectivity index (χ2v) is 11.0. The molecule has 37 heavy (non-hydrogen) atoms. The minimum Gasteiger partial charge on any atom is -0.481 e. The van der Waals surface area contributed by atoms with E-state index in [0.717, 1.165) is 11.9 Å². The van der Waals surface area contributed by atoms with Crippen molar-refractivity contribution in [1.82, 2.24) is 19.3 Å². The van der Waals surface area contributed by atoms with Crippen LogP contribution in [0.2, 0.25) is 10.2 Å². The second kappa shape index (κ2) is 9.81. The number of carbonyl (C=O) groups is 1. The number of sulfonamides is 1. The molecule has 192 valence electrons. The highest BCUT2D eigenvalue weighted by Crippen LogP contribution is 2.37. The highest BCUT2D eigenvalue weighted by Gasteiger charge is 2.37. The fourth-order valence-corrected chi connectivity index (χ4v) is 5.21. The van der Waals surface area contributed by atoms with E-state index in [1.54, 1.807) is 12.1 Å². The Morgan fingerprint density at radius 1 is 1.19 bits per heavy atom. The molecule has 5 rings (SSSR count). The minimum atomic E-state index is -3.54. The normalized spacial score (nSPS) is 15.5. The lowest BCUT2D eigenvalue weighted by Crippen LogP contribution is -2.43. The van der Waals surface area contributed by atoms with Gasteiger partial charge in [-0.1, -0.05) is 35.3 Å². The van der Waals surface area contributed by atoms with Gasteiger partial charge in [-0.2, -0.15) is 0 Å². The van der Waals surface area contributed by atoms with E-state index in [1.807, 2.05) is 28.8 Å². The fraction of sp³-hybridized carbons (Fsp3) is 0.208. The van der Waals surface area contributed by atoms with Crippen molar-refractivity contribution in [2.24, 2.45) is 0 Å². The first-order valence-electron chi connectivity index (χ1n) is 11.1. The van der Waals surface area contributed by atoms with Crippen molar-refractivity contribution in [2.45, 2.75) is 12.5 Å². The summed E-state index contributed by atoms with van der Waals surface area (Å²) in [6.07, 6.45) is 3.28. The lowest BCUT2D eigenvalue weighted by molar-refractivity contribution is -0.135. The first kappa shape index (κ1) is 25.2. The van der Waals surface area contributed by atoms with Gasteiger partial charge in [0.15, 0.2) is 17.5 Å². The fourth-order valence-electron chi connectivity index (χ4n) is 4.35. The van der Waals surface area contributed by atoms with Crippen LogP contribution < -0.4 is 9.46 Å². The zero-order chi connectivity index (χ0) is 26.3. The number of benzene rings is 1. The number of pyridine rings is 2. The van der Waals surface area contributed by atoms with Crippen LogP contribution in [-0.2, 0) is 21.2 Å². The number of fused-ring (bicyclic) bond motifs is 3. The second-order valence-electron chi connectivity index (χ2n) is 8.43. The summed E-state index contributed by atoms with van der Waals surface area (Å²) < 4.78 is 47.7. The summed E-state index contributed by atoms with van der Waals surface area (Å²) in [6.45, 7) is -0.118. The third-order valence-electron chi connectivity index (χ3n) is 5.84. The number of anilines is 1. The van der Waals surface area contributed by atoms with E-state index in [9.17, 15) is 13.2 Å². The molecule has 1 unspecified atom stereocenters. The Morgan fingerprint density at radius 3 is 2.73 bits per heavy atom. The topological polar surface area (TPSA) is 106 Å². The zero-order valence-corrected chi connectivity index (χ0v) is 21.7. The Balaban J connectivity index is 1.45. The van der Waals surface area contributed by atoms with E-state index in [1.165, 1.54) is 23.1 Å². The molecule has 4 heterocycles. The molecule has 0 fully saturated rings. The van der Waals surface area contributed by atoms with Crippen LogP contribution in [0.25, 0.3) is 5.65 Å². The quantitative estimate of drug-likeness (QED) is 0.354. The third kappa shape index (κ3) is 5.20. The molecule has 0 aliphatic carbocycles. The van der Waals surface area contributed by atoms with E-state index < -0.39 is 34.4 Å². The SMILES string of the molecule is CS(=O)(=O)Nc1ccc(OCC(=O)N2CCc3nc4ccccn4c3C2c2ccc(Cl)cc2F)c(Cl)n1. The van der Waals surface area contributed by atoms with Gasteiger partial charge in [0, 0.05) is 29.7 Å². The summed E-state index contributed by atoms with van der Waals surface area (Å²) in [7, 11) is -3.54. The van der Waals surface area contributed by atoms with Crippen molar-refractivity contribution >= 4 is 50.6 Å². The summed E-state index contributed by atoms with van der Waals surface area (Å²) in [5.41, 5.74) is 2.43. The van der Waals surface area contributed by atoms with Crippen LogP contribution in [0.5, 0.6) is 5.75 Å². The van der Waals surface area contributed by atoms with Gasteiger partial charge in [0.25, 0.3) is 5.91 Å². The maximum absolute atomic E-state index is 15.2. The van der Waals surface area contributed by atoms with Gasteiger partial charge < -0.3 is 14.0 Å². The van der Waals surface area contributed by atoms with Gasteiger partial charge in [0.05, 0.1) is 17.6 Å². The molecule has 0 saturated heterocycles. The summed E-state index contributed by atoms with van der Waals surface area (Å²) in [4.78, 5) is 23.6. The molecular formula is C24H20Cl2FN5O4S. The standard InChI is InChI=1S/C24H20Cl2FN5O4S/c1-37(34,35)30-19-8-7-18(24(26)29-19)36-13-21(33)32-11-9-17-23(31-10-3-2-4-20(31)28-17)22(32)15-6-5-14(25)12-16(15)27/h2-8,10,12,22H,9,11,13H2,1H3,(H,29,30). The van der Waals surface area contributed by atoms with Crippen LogP contribution in [0.15, 0.2) is 54.7 Å². The number of aromatic nitrogens is 3. The zero-order valence-electron chi connectivity index (χ0n) is 19.4. The minimum absolute atomic E-state index is 0.0145. The monoisotopic (exact) mass is 563 g/mol. The molecule has 0 radical (unpaired) electrons. The van der Waals surface area contributed by atoms with Crippen molar-refractivity contribution in [1.29, 1.82) is 0 Å². The number of amides is 1. The van der Waals surface area contributed by atoms with Crippen molar-refractivity contribution in [2.75, 3.05) is 24.1 Å². The summed E-state index contributed by atoms with van der Waals surface area (Å²) >= 11 is 12.1. The molecule has 9 nitrogen and oxygen atoms in total. The van der Waals surface area contributed by atoms with Gasteiger partial charge in [-0.3, -0.25) is 9.52 Å². The van der Waals surface area contributed by atoms with Crippen LogP contribution in [0.4, 0.5) is 10.2 Å². The Kier molecular flexibility index (Phi) is 6.69. The molecule has 1 aliphatic heterocycles. The average Bonchev–Trinajstić information content (AvgIpc) is 3.21. The molecule has 1 aromatic carbocycles. The number of nitrogens with zero attached hydrogens (tertiary/aromatic N) is 4. The molecule has 1 N–H and O–H groups in total. The molecule has 0 saturated carbocycles. The highest BCUT2D eigenvalue weighted by atomic mass is 35.5. The third-order valence-corrected chi connectivity index (χ3v) is 6.92. The van der Waals surface area contributed by atoms with E-state index in [-0.39, 0.29) is 33.9 Å². The summed E-state index contributed by atoms with van der Waals surface area (Å²) in [6, 6.07) is 11.9. The van der Waals surface area contributed by atoms with Crippen LogP contribution >= 0.6 is 23.2 Å². The summed E-state index contributed by atoms with van der Waals surface area (Å²) in [5, 5.41) is 0.122. The predicted molar refractivity (Wildman–Crippen MR) is 137 cm³/mol. The van der Waals surface area contributed by atoms with Gasteiger partial charge in [0.1, 0.15) is 23.3 Å². The van der Waals surface area contributed by atoms with E-state index in [2.05, 4.69) is 14.7 Å². The molecule has 0 bridgehead atoms. The Labute approximate surface area is 221 Å². The van der Waals surface area contributed by atoms with Gasteiger partial charge in [-0.05, 0) is 36.4 Å². The first-order chi connectivity index (χ1) is 17.6. The van der Waals surface area contributed by atoms with Crippen LogP contribution in [0.1, 0.15) is 23.0 Å².